The van der Waals surface area contributed by atoms with Crippen molar-refractivity contribution in [3.8, 4) is 5.75 Å². The van der Waals surface area contributed by atoms with E-state index in [9.17, 15) is 4.79 Å². The molecular formula is C15H15BrN2O3. The molecule has 21 heavy (non-hydrogen) atoms. The van der Waals surface area contributed by atoms with Crippen LogP contribution in [0.3, 0.4) is 0 Å². The summed E-state index contributed by atoms with van der Waals surface area (Å²) in [6.07, 6.45) is 6.92. The zero-order chi connectivity index (χ0) is 15.2. The summed E-state index contributed by atoms with van der Waals surface area (Å²) in [7, 11) is 1.93. The molecule has 0 radical (unpaired) electrons. The first kappa shape index (κ1) is 15.3. The molecule has 0 saturated heterocycles. The minimum Gasteiger partial charge on any atom is -0.492 e. The maximum Gasteiger partial charge on any atom is 0.328 e. The van der Waals surface area contributed by atoms with Gasteiger partial charge in [0.15, 0.2) is 0 Å². The molecule has 0 aliphatic rings. The molecule has 0 unspecified atom stereocenters. The Hall–Kier alpha value is -2.08. The number of imidazole rings is 1. The van der Waals surface area contributed by atoms with Gasteiger partial charge >= 0.3 is 5.97 Å². The third kappa shape index (κ3) is 4.46. The normalized spacial score (nSPS) is 11.0. The van der Waals surface area contributed by atoms with Gasteiger partial charge in [0.05, 0.1) is 6.61 Å². The molecule has 1 aromatic carbocycles. The van der Waals surface area contributed by atoms with Crippen molar-refractivity contribution >= 4 is 28.0 Å². The molecule has 0 aliphatic carbocycles. The van der Waals surface area contributed by atoms with Gasteiger partial charge in [0.1, 0.15) is 11.6 Å². The third-order valence-electron chi connectivity index (χ3n) is 2.88. The number of aryl methyl sites for hydroxylation is 1. The fraction of sp³-hybridized carbons (Fsp3) is 0.200. The van der Waals surface area contributed by atoms with E-state index < -0.39 is 5.97 Å². The molecule has 2 rings (SSSR count). The molecule has 6 heteroatoms. The SMILES string of the molecule is Cn1ccnc1CCOc1ccc(Br)cc1/C=C/C(=O)O. The summed E-state index contributed by atoms with van der Waals surface area (Å²) in [6.45, 7) is 0.473. The van der Waals surface area contributed by atoms with Crippen molar-refractivity contribution in [3.63, 3.8) is 0 Å². The smallest absolute Gasteiger partial charge is 0.328 e. The molecule has 0 amide bonds. The van der Waals surface area contributed by atoms with E-state index in [1.807, 2.05) is 36.0 Å². The minimum atomic E-state index is -0.992. The molecule has 110 valence electrons. The summed E-state index contributed by atoms with van der Waals surface area (Å²) in [4.78, 5) is 14.9. The number of hydrogen-bond acceptors (Lipinski definition) is 3. The monoisotopic (exact) mass is 350 g/mol. The Bertz CT molecular complexity index is 665. The molecule has 0 bridgehead atoms. The lowest BCUT2D eigenvalue weighted by molar-refractivity contribution is -0.131. The Morgan fingerprint density at radius 1 is 1.52 bits per heavy atom. The second-order valence-corrected chi connectivity index (χ2v) is 5.32. The van der Waals surface area contributed by atoms with Crippen LogP contribution >= 0.6 is 15.9 Å². The maximum atomic E-state index is 10.6. The summed E-state index contributed by atoms with van der Waals surface area (Å²) >= 11 is 3.36. The van der Waals surface area contributed by atoms with Crippen LogP contribution in [0.1, 0.15) is 11.4 Å². The van der Waals surface area contributed by atoms with Crippen LogP contribution in [-0.2, 0) is 18.3 Å². The van der Waals surface area contributed by atoms with Crippen LogP contribution in [0.4, 0.5) is 0 Å². The number of nitrogens with zero attached hydrogens (tertiary/aromatic N) is 2. The third-order valence-corrected chi connectivity index (χ3v) is 3.37. The zero-order valence-electron chi connectivity index (χ0n) is 11.5. The standard InChI is InChI=1S/C15H15BrN2O3/c1-18-8-7-17-14(18)6-9-21-13-4-3-12(16)10-11(13)2-5-15(19)20/h2-5,7-8,10H,6,9H2,1H3,(H,19,20)/b5-2+. The summed E-state index contributed by atoms with van der Waals surface area (Å²) in [5, 5.41) is 8.72. The molecule has 0 spiro atoms. The second-order valence-electron chi connectivity index (χ2n) is 4.41. The van der Waals surface area contributed by atoms with Crippen LogP contribution in [-0.4, -0.2) is 27.2 Å². The van der Waals surface area contributed by atoms with Gasteiger partial charge in [-0.2, -0.15) is 0 Å². The van der Waals surface area contributed by atoms with E-state index in [0.717, 1.165) is 16.4 Å². The lowest BCUT2D eigenvalue weighted by Gasteiger charge is -2.09. The highest BCUT2D eigenvalue weighted by Crippen LogP contribution is 2.24. The molecule has 1 heterocycles. The Labute approximate surface area is 131 Å². The van der Waals surface area contributed by atoms with Gasteiger partial charge in [0.2, 0.25) is 0 Å². The van der Waals surface area contributed by atoms with Crippen LogP contribution in [0.25, 0.3) is 6.08 Å². The van der Waals surface area contributed by atoms with E-state index in [1.54, 1.807) is 6.20 Å². The van der Waals surface area contributed by atoms with Crippen LogP contribution in [0.5, 0.6) is 5.75 Å². The summed E-state index contributed by atoms with van der Waals surface area (Å²) in [6, 6.07) is 5.48. The van der Waals surface area contributed by atoms with Gasteiger partial charge in [-0.05, 0) is 24.3 Å². The molecule has 2 aromatic rings. The highest BCUT2D eigenvalue weighted by molar-refractivity contribution is 9.10. The Kier molecular flexibility index (Phi) is 5.16. The first-order chi connectivity index (χ1) is 10.1. The predicted octanol–water partition coefficient (Wildman–Crippen LogP) is 2.90. The van der Waals surface area contributed by atoms with Gasteiger partial charge in [-0.15, -0.1) is 0 Å². The van der Waals surface area contributed by atoms with Crippen LogP contribution in [0, 0.1) is 0 Å². The average Bonchev–Trinajstić information content (AvgIpc) is 2.84. The fourth-order valence-corrected chi connectivity index (χ4v) is 2.21. The largest absolute Gasteiger partial charge is 0.492 e. The van der Waals surface area contributed by atoms with E-state index in [4.69, 9.17) is 9.84 Å². The van der Waals surface area contributed by atoms with Crippen molar-refractivity contribution in [2.75, 3.05) is 6.61 Å². The van der Waals surface area contributed by atoms with Gasteiger partial charge in [0, 0.05) is 42.0 Å². The van der Waals surface area contributed by atoms with Gasteiger partial charge < -0.3 is 14.4 Å². The lowest BCUT2D eigenvalue weighted by Crippen LogP contribution is -2.06. The molecule has 1 aromatic heterocycles. The van der Waals surface area contributed by atoms with Crippen LogP contribution < -0.4 is 4.74 Å². The van der Waals surface area contributed by atoms with Gasteiger partial charge in [-0.1, -0.05) is 15.9 Å². The highest BCUT2D eigenvalue weighted by atomic mass is 79.9. The zero-order valence-corrected chi connectivity index (χ0v) is 13.1. The maximum absolute atomic E-state index is 10.6. The number of aliphatic carboxylic acids is 1. The van der Waals surface area contributed by atoms with E-state index >= 15 is 0 Å². The molecule has 0 saturated carbocycles. The number of hydrogen-bond donors (Lipinski definition) is 1. The predicted molar refractivity (Wildman–Crippen MR) is 83.2 cm³/mol. The number of aromatic nitrogens is 2. The topological polar surface area (TPSA) is 64.4 Å². The van der Waals surface area contributed by atoms with Crippen molar-refractivity contribution in [2.24, 2.45) is 7.05 Å². The number of carbonyl (C=O) groups is 1. The molecular weight excluding hydrogens is 336 g/mol. The Morgan fingerprint density at radius 2 is 2.33 bits per heavy atom. The number of carboxylic acid groups (broad SMARTS) is 1. The van der Waals surface area contributed by atoms with Crippen molar-refractivity contribution < 1.29 is 14.6 Å². The first-order valence-electron chi connectivity index (χ1n) is 6.36. The van der Waals surface area contributed by atoms with Gasteiger partial charge in [-0.3, -0.25) is 0 Å². The number of carboxylic acids is 1. The summed E-state index contributed by atoms with van der Waals surface area (Å²) in [5.74, 6) is 0.591. The van der Waals surface area contributed by atoms with Crippen molar-refractivity contribution in [3.05, 3.63) is 52.5 Å². The molecule has 0 aliphatic heterocycles. The van der Waals surface area contributed by atoms with E-state index in [1.165, 1.54) is 6.08 Å². The lowest BCUT2D eigenvalue weighted by atomic mass is 10.2. The molecule has 0 atom stereocenters. The molecule has 0 fully saturated rings. The fourth-order valence-electron chi connectivity index (χ4n) is 1.83. The molecule has 1 N–H and O–H groups in total. The van der Waals surface area contributed by atoms with E-state index in [2.05, 4.69) is 20.9 Å². The summed E-state index contributed by atoms with van der Waals surface area (Å²) < 4.78 is 8.54. The Balaban J connectivity index is 2.05. The van der Waals surface area contributed by atoms with Crippen molar-refractivity contribution in [1.82, 2.24) is 9.55 Å². The number of benzene rings is 1. The van der Waals surface area contributed by atoms with E-state index in [0.29, 0.717) is 24.3 Å². The average molecular weight is 351 g/mol. The van der Waals surface area contributed by atoms with Gasteiger partial charge in [0.25, 0.3) is 0 Å². The number of rotatable bonds is 6. The van der Waals surface area contributed by atoms with Crippen LogP contribution in [0.15, 0.2) is 41.1 Å². The van der Waals surface area contributed by atoms with Crippen molar-refractivity contribution in [2.45, 2.75) is 6.42 Å². The quantitative estimate of drug-likeness (QED) is 0.813. The highest BCUT2D eigenvalue weighted by Gasteiger charge is 2.04. The minimum absolute atomic E-state index is 0.473. The Morgan fingerprint density at radius 3 is 3.00 bits per heavy atom. The number of ether oxygens (including phenoxy) is 1. The first-order valence-corrected chi connectivity index (χ1v) is 7.15. The van der Waals surface area contributed by atoms with Crippen molar-refractivity contribution in [1.29, 1.82) is 0 Å². The van der Waals surface area contributed by atoms with E-state index in [-0.39, 0.29) is 0 Å². The number of halogens is 1. The molecule has 5 nitrogen and oxygen atoms in total. The van der Waals surface area contributed by atoms with Crippen LogP contribution in [0.2, 0.25) is 0 Å². The van der Waals surface area contributed by atoms with Gasteiger partial charge in [-0.25, -0.2) is 9.78 Å². The second kappa shape index (κ2) is 7.08. The summed E-state index contributed by atoms with van der Waals surface area (Å²) in [5.41, 5.74) is 0.714.